The molecule has 1 saturated heterocycles. The first-order chi connectivity index (χ1) is 9.27. The summed E-state index contributed by atoms with van der Waals surface area (Å²) in [5.41, 5.74) is 8.54. The normalized spacial score (nSPS) is 22.4. The van der Waals surface area contributed by atoms with Crippen LogP contribution in [0, 0.1) is 0 Å². The zero-order valence-corrected chi connectivity index (χ0v) is 11.8. The molecule has 0 spiro atoms. The van der Waals surface area contributed by atoms with Gasteiger partial charge in [-0.3, -0.25) is 4.90 Å². The highest BCUT2D eigenvalue weighted by Crippen LogP contribution is 2.27. The van der Waals surface area contributed by atoms with Gasteiger partial charge in [0.2, 0.25) is 0 Å². The van der Waals surface area contributed by atoms with Crippen LogP contribution in [0.3, 0.4) is 0 Å². The topological polar surface area (TPSA) is 47.7 Å². The molecule has 2 rings (SSSR count). The van der Waals surface area contributed by atoms with E-state index in [-0.39, 0.29) is 6.04 Å². The first-order valence-corrected chi connectivity index (χ1v) is 6.88. The molecular formula is C15H24N2O2. The molecule has 2 atom stereocenters. The maximum Gasteiger partial charge on any atom is 0.0716 e. The molecule has 0 radical (unpaired) electrons. The average molecular weight is 264 g/mol. The molecule has 0 aromatic heterocycles. The molecule has 4 nitrogen and oxygen atoms in total. The molecule has 1 aliphatic heterocycles. The summed E-state index contributed by atoms with van der Waals surface area (Å²) in [6.07, 6.45) is 0. The highest BCUT2D eigenvalue weighted by molar-refractivity contribution is 5.30. The van der Waals surface area contributed by atoms with E-state index in [0.29, 0.717) is 19.2 Å². The summed E-state index contributed by atoms with van der Waals surface area (Å²) >= 11 is 0. The van der Waals surface area contributed by atoms with Crippen LogP contribution in [0.5, 0.6) is 0 Å². The SMILES string of the molecule is COCc1ccccc1C(CN)N1CCOCC1C. The van der Waals surface area contributed by atoms with Crippen LogP contribution in [0.1, 0.15) is 24.1 Å². The molecule has 0 saturated carbocycles. The van der Waals surface area contributed by atoms with Crippen molar-refractivity contribution in [2.24, 2.45) is 5.73 Å². The maximum atomic E-state index is 6.04. The molecule has 0 aliphatic carbocycles. The second kappa shape index (κ2) is 7.01. The molecule has 2 unspecified atom stereocenters. The summed E-state index contributed by atoms with van der Waals surface area (Å²) in [4.78, 5) is 2.44. The molecule has 1 aromatic carbocycles. The molecule has 2 N–H and O–H groups in total. The molecule has 0 amide bonds. The monoisotopic (exact) mass is 264 g/mol. The Morgan fingerprint density at radius 3 is 2.95 bits per heavy atom. The Labute approximate surface area is 115 Å². The van der Waals surface area contributed by atoms with Crippen LogP contribution < -0.4 is 5.73 Å². The van der Waals surface area contributed by atoms with Gasteiger partial charge in [0.1, 0.15) is 0 Å². The minimum Gasteiger partial charge on any atom is -0.380 e. The van der Waals surface area contributed by atoms with Crippen molar-refractivity contribution in [3.63, 3.8) is 0 Å². The Kier molecular flexibility index (Phi) is 5.34. The van der Waals surface area contributed by atoms with Gasteiger partial charge in [-0.05, 0) is 18.1 Å². The van der Waals surface area contributed by atoms with E-state index in [4.69, 9.17) is 15.2 Å². The number of morpholine rings is 1. The molecule has 4 heteroatoms. The lowest BCUT2D eigenvalue weighted by atomic mass is 9.98. The predicted octanol–water partition coefficient (Wildman–Crippen LogP) is 1.55. The van der Waals surface area contributed by atoms with Gasteiger partial charge >= 0.3 is 0 Å². The lowest BCUT2D eigenvalue weighted by Gasteiger charge is -2.39. The third-order valence-electron chi connectivity index (χ3n) is 3.76. The number of hydrogen-bond acceptors (Lipinski definition) is 4. The molecule has 1 aromatic rings. The van der Waals surface area contributed by atoms with Gasteiger partial charge in [-0.1, -0.05) is 24.3 Å². The first-order valence-electron chi connectivity index (χ1n) is 6.88. The van der Waals surface area contributed by atoms with E-state index in [1.807, 2.05) is 6.07 Å². The van der Waals surface area contributed by atoms with Gasteiger partial charge < -0.3 is 15.2 Å². The lowest BCUT2D eigenvalue weighted by molar-refractivity contribution is -0.0213. The Morgan fingerprint density at radius 2 is 2.26 bits per heavy atom. The summed E-state index contributed by atoms with van der Waals surface area (Å²) in [5.74, 6) is 0. The molecule has 106 valence electrons. The summed E-state index contributed by atoms with van der Waals surface area (Å²) in [6.45, 7) is 5.94. The number of ether oxygens (including phenoxy) is 2. The minimum atomic E-state index is 0.241. The van der Waals surface area contributed by atoms with Gasteiger partial charge in [0, 0.05) is 32.3 Å². The van der Waals surface area contributed by atoms with Crippen molar-refractivity contribution in [2.45, 2.75) is 25.6 Å². The third-order valence-corrected chi connectivity index (χ3v) is 3.76. The van der Waals surface area contributed by atoms with Crippen molar-refractivity contribution >= 4 is 0 Å². The highest BCUT2D eigenvalue weighted by atomic mass is 16.5. The fraction of sp³-hybridized carbons (Fsp3) is 0.600. The van der Waals surface area contributed by atoms with E-state index in [1.165, 1.54) is 11.1 Å². The van der Waals surface area contributed by atoms with Crippen molar-refractivity contribution in [3.8, 4) is 0 Å². The predicted molar refractivity (Wildman–Crippen MR) is 75.9 cm³/mol. The fourth-order valence-electron chi connectivity index (χ4n) is 2.79. The fourth-order valence-corrected chi connectivity index (χ4v) is 2.79. The van der Waals surface area contributed by atoms with E-state index >= 15 is 0 Å². The van der Waals surface area contributed by atoms with E-state index in [1.54, 1.807) is 7.11 Å². The summed E-state index contributed by atoms with van der Waals surface area (Å²) in [7, 11) is 1.73. The third kappa shape index (κ3) is 3.34. The minimum absolute atomic E-state index is 0.241. The standard InChI is InChI=1S/C15H24N2O2/c1-12-10-19-8-7-17(12)15(9-16)14-6-4-3-5-13(14)11-18-2/h3-6,12,15H,7-11,16H2,1-2H3. The Bertz CT molecular complexity index is 397. The number of benzene rings is 1. The summed E-state index contributed by atoms with van der Waals surface area (Å²) < 4.78 is 10.8. The van der Waals surface area contributed by atoms with Gasteiger partial charge in [0.15, 0.2) is 0 Å². The van der Waals surface area contributed by atoms with Crippen LogP contribution in [-0.2, 0) is 16.1 Å². The number of methoxy groups -OCH3 is 1. The second-order valence-corrected chi connectivity index (χ2v) is 5.05. The Hall–Kier alpha value is -0.940. The first kappa shape index (κ1) is 14.5. The van der Waals surface area contributed by atoms with Crippen LogP contribution in [0.15, 0.2) is 24.3 Å². The zero-order valence-electron chi connectivity index (χ0n) is 11.8. The number of nitrogens with zero attached hydrogens (tertiary/aromatic N) is 1. The molecular weight excluding hydrogens is 240 g/mol. The second-order valence-electron chi connectivity index (χ2n) is 5.05. The van der Waals surface area contributed by atoms with Gasteiger partial charge in [-0.2, -0.15) is 0 Å². The zero-order chi connectivity index (χ0) is 13.7. The average Bonchev–Trinajstić information content (AvgIpc) is 2.44. The Morgan fingerprint density at radius 1 is 1.47 bits per heavy atom. The van der Waals surface area contributed by atoms with Gasteiger partial charge in [-0.15, -0.1) is 0 Å². The number of hydrogen-bond donors (Lipinski definition) is 1. The smallest absolute Gasteiger partial charge is 0.0716 e. The van der Waals surface area contributed by atoms with Crippen LogP contribution in [0.25, 0.3) is 0 Å². The van der Waals surface area contributed by atoms with Gasteiger partial charge in [-0.25, -0.2) is 0 Å². The van der Waals surface area contributed by atoms with Crippen molar-refractivity contribution in [3.05, 3.63) is 35.4 Å². The van der Waals surface area contributed by atoms with Crippen molar-refractivity contribution < 1.29 is 9.47 Å². The van der Waals surface area contributed by atoms with Crippen molar-refractivity contribution in [1.29, 1.82) is 0 Å². The van der Waals surface area contributed by atoms with E-state index in [9.17, 15) is 0 Å². The van der Waals surface area contributed by atoms with Crippen LogP contribution in [-0.4, -0.2) is 44.4 Å². The van der Waals surface area contributed by atoms with Gasteiger partial charge in [0.05, 0.1) is 19.8 Å². The number of rotatable bonds is 5. The Balaban J connectivity index is 2.25. The molecule has 1 heterocycles. The van der Waals surface area contributed by atoms with Crippen LogP contribution >= 0.6 is 0 Å². The van der Waals surface area contributed by atoms with E-state index < -0.39 is 0 Å². The summed E-state index contributed by atoms with van der Waals surface area (Å²) in [6, 6.07) is 9.04. The summed E-state index contributed by atoms with van der Waals surface area (Å²) in [5, 5.41) is 0. The number of nitrogens with two attached hydrogens (primary N) is 1. The molecule has 1 aliphatic rings. The van der Waals surface area contributed by atoms with Crippen molar-refractivity contribution in [1.82, 2.24) is 4.90 Å². The van der Waals surface area contributed by atoms with Crippen LogP contribution in [0.2, 0.25) is 0 Å². The maximum absolute atomic E-state index is 6.04. The molecule has 1 fully saturated rings. The highest BCUT2D eigenvalue weighted by Gasteiger charge is 2.27. The van der Waals surface area contributed by atoms with Crippen molar-refractivity contribution in [2.75, 3.05) is 33.4 Å². The van der Waals surface area contributed by atoms with Gasteiger partial charge in [0.25, 0.3) is 0 Å². The molecule has 19 heavy (non-hydrogen) atoms. The lowest BCUT2D eigenvalue weighted by Crippen LogP contribution is -2.47. The largest absolute Gasteiger partial charge is 0.380 e. The van der Waals surface area contributed by atoms with E-state index in [0.717, 1.165) is 19.8 Å². The molecule has 0 bridgehead atoms. The van der Waals surface area contributed by atoms with Crippen LogP contribution in [0.4, 0.5) is 0 Å². The van der Waals surface area contributed by atoms with E-state index in [2.05, 4.69) is 30.0 Å². The quantitative estimate of drug-likeness (QED) is 0.876.